The number of aromatic nitrogens is 2. The molecule has 1 N–H and O–H groups in total. The van der Waals surface area contributed by atoms with Gasteiger partial charge in [-0.3, -0.25) is 9.89 Å². The van der Waals surface area contributed by atoms with Gasteiger partial charge in [0.1, 0.15) is 5.75 Å². The molecule has 1 aromatic heterocycles. The first-order valence-electron chi connectivity index (χ1n) is 10.0. The van der Waals surface area contributed by atoms with E-state index in [0.29, 0.717) is 30.2 Å². The van der Waals surface area contributed by atoms with E-state index >= 15 is 0 Å². The van der Waals surface area contributed by atoms with Crippen LogP contribution in [-0.4, -0.2) is 34.7 Å². The third-order valence-corrected chi connectivity index (χ3v) is 5.15. The van der Waals surface area contributed by atoms with Gasteiger partial charge in [-0.05, 0) is 36.2 Å². The summed E-state index contributed by atoms with van der Waals surface area (Å²) < 4.78 is 5.84. The van der Waals surface area contributed by atoms with Crippen LogP contribution in [0.1, 0.15) is 22.8 Å². The molecule has 4 rings (SSSR count). The number of nitrogens with one attached hydrogen (secondary N) is 1. The number of H-pyrrole nitrogens is 1. The SMILES string of the molecule is [C-]#[N+]c1ccc(-c2ccc(C(=O)N(C)Cc3cccc4cn[nH]c34)cc2OCC)cc1. The van der Waals surface area contributed by atoms with Gasteiger partial charge in [0.15, 0.2) is 5.69 Å². The predicted molar refractivity (Wildman–Crippen MR) is 121 cm³/mol. The van der Waals surface area contributed by atoms with Gasteiger partial charge in [-0.1, -0.05) is 42.5 Å². The van der Waals surface area contributed by atoms with Crippen LogP contribution in [0.15, 0.2) is 66.9 Å². The Kier molecular flexibility index (Phi) is 5.67. The van der Waals surface area contributed by atoms with Crippen LogP contribution in [0.4, 0.5) is 5.69 Å². The zero-order chi connectivity index (χ0) is 21.8. The summed E-state index contributed by atoms with van der Waals surface area (Å²) in [5.74, 6) is 0.556. The molecule has 0 unspecified atom stereocenters. The lowest BCUT2D eigenvalue weighted by Gasteiger charge is -2.19. The van der Waals surface area contributed by atoms with E-state index in [-0.39, 0.29) is 5.91 Å². The van der Waals surface area contributed by atoms with Crippen molar-refractivity contribution in [3.63, 3.8) is 0 Å². The number of aromatic amines is 1. The minimum absolute atomic E-state index is 0.0904. The Morgan fingerprint density at radius 1 is 1.16 bits per heavy atom. The lowest BCUT2D eigenvalue weighted by atomic mass is 10.0. The maximum absolute atomic E-state index is 13.1. The van der Waals surface area contributed by atoms with Crippen molar-refractivity contribution in [1.82, 2.24) is 15.1 Å². The Hall–Kier alpha value is -4.11. The van der Waals surface area contributed by atoms with Crippen molar-refractivity contribution in [1.29, 1.82) is 0 Å². The third kappa shape index (κ3) is 4.12. The van der Waals surface area contributed by atoms with Crippen LogP contribution in [0.2, 0.25) is 0 Å². The molecular weight excluding hydrogens is 388 g/mol. The van der Waals surface area contributed by atoms with Crippen molar-refractivity contribution in [3.8, 4) is 16.9 Å². The molecule has 0 atom stereocenters. The largest absolute Gasteiger partial charge is 0.493 e. The molecule has 0 aliphatic carbocycles. The van der Waals surface area contributed by atoms with Gasteiger partial charge in [-0.2, -0.15) is 5.10 Å². The van der Waals surface area contributed by atoms with Gasteiger partial charge >= 0.3 is 0 Å². The normalized spacial score (nSPS) is 10.6. The highest BCUT2D eigenvalue weighted by Crippen LogP contribution is 2.33. The second-order valence-electron chi connectivity index (χ2n) is 7.22. The molecule has 0 aliphatic rings. The molecule has 0 aliphatic heterocycles. The number of benzene rings is 3. The number of para-hydroxylation sites is 1. The lowest BCUT2D eigenvalue weighted by Crippen LogP contribution is -2.26. The van der Waals surface area contributed by atoms with E-state index in [1.165, 1.54) is 0 Å². The quantitative estimate of drug-likeness (QED) is 0.430. The monoisotopic (exact) mass is 410 g/mol. The summed E-state index contributed by atoms with van der Waals surface area (Å²) in [5, 5.41) is 8.12. The standard InChI is InChI=1S/C25H22N4O2/c1-4-31-23-14-18(10-13-22(23)17-8-11-21(26-2)12-9-17)25(30)29(3)16-20-7-5-6-19-15-27-28-24(19)20/h5-15H,4,16H2,1,3H3,(H,27,28). The maximum atomic E-state index is 13.1. The predicted octanol–water partition coefficient (Wildman–Crippen LogP) is 5.45. The molecule has 1 amide bonds. The molecule has 154 valence electrons. The number of carbonyl (C=O) groups excluding carboxylic acids is 1. The van der Waals surface area contributed by atoms with Crippen LogP contribution in [0.5, 0.6) is 5.75 Å². The fourth-order valence-corrected chi connectivity index (χ4v) is 3.59. The minimum Gasteiger partial charge on any atom is -0.493 e. The Balaban J connectivity index is 1.61. The maximum Gasteiger partial charge on any atom is 0.254 e. The van der Waals surface area contributed by atoms with E-state index in [0.717, 1.165) is 27.6 Å². The first-order chi connectivity index (χ1) is 15.1. The van der Waals surface area contributed by atoms with Crippen molar-refractivity contribution in [2.75, 3.05) is 13.7 Å². The molecule has 6 heteroatoms. The summed E-state index contributed by atoms with van der Waals surface area (Å²) in [7, 11) is 1.79. The summed E-state index contributed by atoms with van der Waals surface area (Å²) in [6.07, 6.45) is 1.78. The lowest BCUT2D eigenvalue weighted by molar-refractivity contribution is 0.0785. The van der Waals surface area contributed by atoms with Crippen molar-refractivity contribution >= 4 is 22.5 Å². The second-order valence-corrected chi connectivity index (χ2v) is 7.22. The van der Waals surface area contributed by atoms with E-state index in [1.54, 1.807) is 36.3 Å². The number of carbonyl (C=O) groups is 1. The van der Waals surface area contributed by atoms with Gasteiger partial charge in [0.2, 0.25) is 0 Å². The van der Waals surface area contributed by atoms with Gasteiger partial charge in [0.05, 0.1) is 24.9 Å². The molecule has 0 spiro atoms. The summed E-state index contributed by atoms with van der Waals surface area (Å²) in [5.41, 5.74) is 4.92. The van der Waals surface area contributed by atoms with Gasteiger partial charge in [0, 0.05) is 30.1 Å². The number of fused-ring (bicyclic) bond motifs is 1. The number of amides is 1. The third-order valence-electron chi connectivity index (χ3n) is 5.15. The Morgan fingerprint density at radius 3 is 2.71 bits per heavy atom. The minimum atomic E-state index is -0.0904. The number of hydrogen-bond donors (Lipinski definition) is 1. The summed E-state index contributed by atoms with van der Waals surface area (Å²) in [6.45, 7) is 9.97. The van der Waals surface area contributed by atoms with Crippen LogP contribution in [-0.2, 0) is 6.54 Å². The fraction of sp³-hybridized carbons (Fsp3) is 0.160. The molecule has 0 radical (unpaired) electrons. The molecule has 0 bridgehead atoms. The number of rotatable bonds is 6. The highest BCUT2D eigenvalue weighted by atomic mass is 16.5. The summed E-state index contributed by atoms with van der Waals surface area (Å²) >= 11 is 0. The second kappa shape index (κ2) is 8.72. The first-order valence-corrected chi connectivity index (χ1v) is 10.0. The van der Waals surface area contributed by atoms with E-state index in [9.17, 15) is 4.79 Å². The topological polar surface area (TPSA) is 62.6 Å². The van der Waals surface area contributed by atoms with E-state index in [2.05, 4.69) is 15.0 Å². The Labute approximate surface area is 180 Å². The fourth-order valence-electron chi connectivity index (χ4n) is 3.59. The average molecular weight is 410 g/mol. The van der Waals surface area contributed by atoms with Crippen molar-refractivity contribution in [2.45, 2.75) is 13.5 Å². The van der Waals surface area contributed by atoms with Crippen molar-refractivity contribution in [3.05, 3.63) is 89.4 Å². The van der Waals surface area contributed by atoms with E-state index in [1.807, 2.05) is 49.4 Å². The molecule has 31 heavy (non-hydrogen) atoms. The van der Waals surface area contributed by atoms with Crippen LogP contribution in [0.3, 0.4) is 0 Å². The van der Waals surface area contributed by atoms with Gasteiger partial charge in [-0.25, -0.2) is 4.85 Å². The number of ether oxygens (including phenoxy) is 1. The number of hydrogen-bond acceptors (Lipinski definition) is 3. The Bertz CT molecular complexity index is 1270. The van der Waals surface area contributed by atoms with E-state index < -0.39 is 0 Å². The average Bonchev–Trinajstić information content (AvgIpc) is 3.29. The van der Waals surface area contributed by atoms with Crippen molar-refractivity contribution in [2.24, 2.45) is 0 Å². The highest BCUT2D eigenvalue weighted by Gasteiger charge is 2.17. The van der Waals surface area contributed by atoms with Crippen LogP contribution < -0.4 is 4.74 Å². The molecule has 3 aromatic carbocycles. The Morgan fingerprint density at radius 2 is 1.97 bits per heavy atom. The van der Waals surface area contributed by atoms with E-state index in [4.69, 9.17) is 11.3 Å². The molecular formula is C25H22N4O2. The first kappa shape index (κ1) is 20.2. The van der Waals surface area contributed by atoms with Gasteiger partial charge in [-0.15, -0.1) is 0 Å². The van der Waals surface area contributed by atoms with Crippen molar-refractivity contribution < 1.29 is 9.53 Å². The summed E-state index contributed by atoms with van der Waals surface area (Å²) in [4.78, 5) is 18.2. The zero-order valence-corrected chi connectivity index (χ0v) is 17.4. The summed E-state index contributed by atoms with van der Waals surface area (Å²) in [6, 6.07) is 18.8. The molecule has 6 nitrogen and oxygen atoms in total. The zero-order valence-electron chi connectivity index (χ0n) is 17.4. The smallest absolute Gasteiger partial charge is 0.254 e. The van der Waals surface area contributed by atoms with Crippen LogP contribution >= 0.6 is 0 Å². The van der Waals surface area contributed by atoms with Gasteiger partial charge in [0.25, 0.3) is 5.91 Å². The molecule has 4 aromatic rings. The van der Waals surface area contributed by atoms with Gasteiger partial charge < -0.3 is 9.64 Å². The molecule has 0 saturated carbocycles. The highest BCUT2D eigenvalue weighted by molar-refractivity contribution is 5.95. The molecule has 0 fully saturated rings. The molecule has 1 heterocycles. The number of nitrogens with zero attached hydrogens (tertiary/aromatic N) is 3. The molecule has 0 saturated heterocycles. The van der Waals surface area contributed by atoms with Crippen LogP contribution in [0.25, 0.3) is 26.9 Å². The van der Waals surface area contributed by atoms with Crippen LogP contribution in [0, 0.1) is 6.57 Å².